The SMILES string of the molecule is CCCCC(CNC(=O)OC(C)(C)C)NC(=NC)NCC(F)F.I. The molecule has 9 heteroatoms. The molecule has 0 heterocycles. The molecule has 144 valence electrons. The van der Waals surface area contributed by atoms with Gasteiger partial charge in [0.2, 0.25) is 0 Å². The molecule has 0 rings (SSSR count). The highest BCUT2D eigenvalue weighted by Crippen LogP contribution is 2.07. The predicted octanol–water partition coefficient (Wildman–Crippen LogP) is 3.12. The van der Waals surface area contributed by atoms with Crippen molar-refractivity contribution in [1.29, 1.82) is 0 Å². The topological polar surface area (TPSA) is 74.8 Å². The van der Waals surface area contributed by atoms with Crippen LogP contribution in [0.25, 0.3) is 0 Å². The fraction of sp³-hybridized carbons (Fsp3) is 0.867. The van der Waals surface area contributed by atoms with Gasteiger partial charge in [-0.1, -0.05) is 19.8 Å². The standard InChI is InChI=1S/C15H30F2N4O2.HI/c1-6-7-8-11(9-20-14(22)23-15(2,3)4)21-13(18-5)19-10-12(16)17;/h11-12H,6-10H2,1-5H3,(H,20,22)(H2,18,19,21);1H. The van der Waals surface area contributed by atoms with Gasteiger partial charge >= 0.3 is 6.09 Å². The first kappa shape index (κ1) is 25.4. The minimum atomic E-state index is -2.46. The average Bonchev–Trinajstić information content (AvgIpc) is 2.43. The first-order chi connectivity index (χ1) is 10.7. The number of ether oxygens (including phenoxy) is 1. The molecule has 0 spiro atoms. The van der Waals surface area contributed by atoms with Gasteiger partial charge in [0.1, 0.15) is 5.60 Å². The molecule has 24 heavy (non-hydrogen) atoms. The van der Waals surface area contributed by atoms with Gasteiger partial charge in [0.05, 0.1) is 6.54 Å². The average molecular weight is 464 g/mol. The number of alkyl carbamates (subject to hydrolysis) is 1. The molecular weight excluding hydrogens is 433 g/mol. The van der Waals surface area contributed by atoms with Crippen molar-refractivity contribution >= 4 is 36.0 Å². The Morgan fingerprint density at radius 3 is 2.29 bits per heavy atom. The third kappa shape index (κ3) is 14.7. The van der Waals surface area contributed by atoms with Gasteiger partial charge < -0.3 is 20.7 Å². The van der Waals surface area contributed by atoms with E-state index in [-0.39, 0.29) is 36.0 Å². The number of guanidine groups is 1. The van der Waals surface area contributed by atoms with E-state index in [1.807, 2.05) is 0 Å². The van der Waals surface area contributed by atoms with E-state index in [1.54, 1.807) is 20.8 Å². The molecule has 1 atom stereocenters. The maximum atomic E-state index is 12.3. The van der Waals surface area contributed by atoms with E-state index >= 15 is 0 Å². The Hall–Kier alpha value is -0.870. The molecule has 0 aliphatic carbocycles. The molecule has 0 aromatic heterocycles. The highest BCUT2D eigenvalue weighted by molar-refractivity contribution is 14.0. The largest absolute Gasteiger partial charge is 0.444 e. The van der Waals surface area contributed by atoms with Crippen molar-refractivity contribution in [2.45, 2.75) is 65.0 Å². The number of hydrogen-bond donors (Lipinski definition) is 3. The van der Waals surface area contributed by atoms with Crippen molar-refractivity contribution < 1.29 is 18.3 Å². The summed E-state index contributed by atoms with van der Waals surface area (Å²) in [7, 11) is 1.51. The molecule has 0 aromatic rings. The van der Waals surface area contributed by atoms with Gasteiger partial charge in [-0.3, -0.25) is 4.99 Å². The lowest BCUT2D eigenvalue weighted by Crippen LogP contribution is -2.49. The van der Waals surface area contributed by atoms with Crippen molar-refractivity contribution in [1.82, 2.24) is 16.0 Å². The van der Waals surface area contributed by atoms with Crippen LogP contribution >= 0.6 is 24.0 Å². The van der Waals surface area contributed by atoms with Crippen molar-refractivity contribution in [2.24, 2.45) is 4.99 Å². The molecule has 0 aliphatic rings. The van der Waals surface area contributed by atoms with Crippen LogP contribution in [0.3, 0.4) is 0 Å². The van der Waals surface area contributed by atoms with Crippen molar-refractivity contribution in [3.05, 3.63) is 0 Å². The Balaban J connectivity index is 0. The second-order valence-corrected chi connectivity index (χ2v) is 6.21. The number of amides is 1. The number of aliphatic imine (C=N–C) groups is 1. The van der Waals surface area contributed by atoms with Crippen LogP contribution in [0.2, 0.25) is 0 Å². The number of carbonyl (C=O) groups excluding carboxylic acids is 1. The zero-order chi connectivity index (χ0) is 17.9. The lowest BCUT2D eigenvalue weighted by atomic mass is 10.1. The fourth-order valence-corrected chi connectivity index (χ4v) is 1.76. The molecule has 6 nitrogen and oxygen atoms in total. The minimum absolute atomic E-state index is 0. The molecule has 0 saturated heterocycles. The second-order valence-electron chi connectivity index (χ2n) is 6.21. The van der Waals surface area contributed by atoms with Crippen molar-refractivity contribution in [2.75, 3.05) is 20.1 Å². The van der Waals surface area contributed by atoms with Gasteiger partial charge in [0.15, 0.2) is 5.96 Å². The van der Waals surface area contributed by atoms with Crippen molar-refractivity contribution in [3.8, 4) is 0 Å². The zero-order valence-electron chi connectivity index (χ0n) is 15.1. The first-order valence-electron chi connectivity index (χ1n) is 7.90. The predicted molar refractivity (Wildman–Crippen MR) is 103 cm³/mol. The number of nitrogens with zero attached hydrogens (tertiary/aromatic N) is 1. The van der Waals surface area contributed by atoms with Gasteiger partial charge in [0.25, 0.3) is 6.43 Å². The summed E-state index contributed by atoms with van der Waals surface area (Å²) in [5.41, 5.74) is -0.564. The number of alkyl halides is 2. The Morgan fingerprint density at radius 1 is 1.21 bits per heavy atom. The zero-order valence-corrected chi connectivity index (χ0v) is 17.4. The summed E-state index contributed by atoms with van der Waals surface area (Å²) in [5.74, 6) is 0.289. The lowest BCUT2D eigenvalue weighted by Gasteiger charge is -2.24. The molecule has 3 N–H and O–H groups in total. The van der Waals surface area contributed by atoms with E-state index in [2.05, 4.69) is 27.9 Å². The minimum Gasteiger partial charge on any atom is -0.444 e. The summed E-state index contributed by atoms with van der Waals surface area (Å²) >= 11 is 0. The number of halogens is 3. The number of unbranched alkanes of at least 4 members (excludes halogenated alkanes) is 1. The monoisotopic (exact) mass is 464 g/mol. The van der Waals surface area contributed by atoms with Crippen LogP contribution in [-0.4, -0.2) is 50.3 Å². The van der Waals surface area contributed by atoms with E-state index in [9.17, 15) is 13.6 Å². The van der Waals surface area contributed by atoms with Crippen LogP contribution < -0.4 is 16.0 Å². The van der Waals surface area contributed by atoms with Gasteiger partial charge in [-0.05, 0) is 27.2 Å². The molecule has 0 bridgehead atoms. The Bertz CT molecular complexity index is 377. The van der Waals surface area contributed by atoms with E-state index in [1.165, 1.54) is 7.05 Å². The number of rotatable bonds is 8. The van der Waals surface area contributed by atoms with Crippen LogP contribution in [-0.2, 0) is 4.74 Å². The quantitative estimate of drug-likeness (QED) is 0.293. The van der Waals surface area contributed by atoms with E-state index in [0.717, 1.165) is 19.3 Å². The highest BCUT2D eigenvalue weighted by atomic mass is 127. The number of hydrogen-bond acceptors (Lipinski definition) is 3. The van der Waals surface area contributed by atoms with Gasteiger partial charge in [-0.25, -0.2) is 13.6 Å². The van der Waals surface area contributed by atoms with Crippen LogP contribution in [0.15, 0.2) is 4.99 Å². The van der Waals surface area contributed by atoms with E-state index in [0.29, 0.717) is 6.54 Å². The Labute approximate surface area is 160 Å². The molecule has 1 amide bonds. The third-order valence-corrected chi connectivity index (χ3v) is 2.79. The molecule has 0 saturated carbocycles. The highest BCUT2D eigenvalue weighted by Gasteiger charge is 2.18. The molecular formula is C15H31F2IN4O2. The maximum absolute atomic E-state index is 12.3. The summed E-state index contributed by atoms with van der Waals surface area (Å²) in [6.45, 7) is 7.27. The van der Waals surface area contributed by atoms with Crippen molar-refractivity contribution in [3.63, 3.8) is 0 Å². The van der Waals surface area contributed by atoms with Crippen LogP contribution in [0, 0.1) is 0 Å². The maximum Gasteiger partial charge on any atom is 0.407 e. The second kappa shape index (κ2) is 13.4. The molecule has 0 aromatic carbocycles. The summed E-state index contributed by atoms with van der Waals surface area (Å²) in [5, 5.41) is 8.28. The van der Waals surface area contributed by atoms with E-state index in [4.69, 9.17) is 4.74 Å². The summed E-state index contributed by atoms with van der Waals surface area (Å²) in [6, 6.07) is -0.119. The van der Waals surface area contributed by atoms with Crippen LogP contribution in [0.5, 0.6) is 0 Å². The Kier molecular flexibility index (Phi) is 14.2. The Morgan fingerprint density at radius 2 is 1.83 bits per heavy atom. The summed E-state index contributed by atoms with van der Waals surface area (Å²) in [4.78, 5) is 15.6. The van der Waals surface area contributed by atoms with Crippen LogP contribution in [0.4, 0.5) is 13.6 Å². The van der Waals surface area contributed by atoms with Gasteiger partial charge in [-0.2, -0.15) is 0 Å². The smallest absolute Gasteiger partial charge is 0.407 e. The molecule has 0 aliphatic heterocycles. The van der Waals surface area contributed by atoms with E-state index < -0.39 is 24.7 Å². The first-order valence-corrected chi connectivity index (χ1v) is 7.90. The van der Waals surface area contributed by atoms with Crippen LogP contribution in [0.1, 0.15) is 47.0 Å². The molecule has 0 fully saturated rings. The van der Waals surface area contributed by atoms with Gasteiger partial charge in [-0.15, -0.1) is 24.0 Å². The van der Waals surface area contributed by atoms with Gasteiger partial charge in [0, 0.05) is 19.6 Å². The number of nitrogens with one attached hydrogen (secondary N) is 3. The summed E-state index contributed by atoms with van der Waals surface area (Å²) in [6.07, 6.45) is -0.242. The normalized spacial score (nSPS) is 13.1. The summed E-state index contributed by atoms with van der Waals surface area (Å²) < 4.78 is 29.7. The number of carbonyl (C=O) groups is 1. The third-order valence-electron chi connectivity index (χ3n) is 2.79. The fourth-order valence-electron chi connectivity index (χ4n) is 1.76. The lowest BCUT2D eigenvalue weighted by molar-refractivity contribution is 0.0523. The molecule has 0 radical (unpaired) electrons. The molecule has 1 unspecified atom stereocenters.